The summed E-state index contributed by atoms with van der Waals surface area (Å²) in [6.07, 6.45) is 4.92. The van der Waals surface area contributed by atoms with Gasteiger partial charge in [0.25, 0.3) is 0 Å². The van der Waals surface area contributed by atoms with Crippen LogP contribution in [0.4, 0.5) is 5.69 Å². The van der Waals surface area contributed by atoms with E-state index in [2.05, 4.69) is 10.3 Å². The van der Waals surface area contributed by atoms with Gasteiger partial charge in [0.2, 0.25) is 5.91 Å². The Labute approximate surface area is 154 Å². The monoisotopic (exact) mass is 365 g/mol. The van der Waals surface area contributed by atoms with Gasteiger partial charge in [0, 0.05) is 24.1 Å². The summed E-state index contributed by atoms with van der Waals surface area (Å²) in [5.74, 6) is 0.943. The van der Waals surface area contributed by atoms with Crippen molar-refractivity contribution in [2.45, 2.75) is 32.4 Å². The number of hydrogen-bond donors (Lipinski definition) is 2. The third-order valence-electron chi connectivity index (χ3n) is 3.51. The molecule has 1 aromatic heterocycles. The number of nitrogens with one attached hydrogen (secondary N) is 1. The van der Waals surface area contributed by atoms with Crippen molar-refractivity contribution in [3.05, 3.63) is 48.3 Å². The highest BCUT2D eigenvalue weighted by molar-refractivity contribution is 5.94. The van der Waals surface area contributed by atoms with Crippen LogP contribution in [0, 0.1) is 0 Å². The molecule has 1 amide bonds. The van der Waals surface area contributed by atoms with Crippen LogP contribution in [0.2, 0.25) is 0 Å². The van der Waals surface area contributed by atoms with E-state index in [0.717, 1.165) is 12.0 Å². The molecule has 1 unspecified atom stereocenters. The van der Waals surface area contributed by atoms with Gasteiger partial charge in [0.15, 0.2) is 11.5 Å². The number of pyridine rings is 1. The van der Waals surface area contributed by atoms with E-state index in [-0.39, 0.29) is 18.3 Å². The van der Waals surface area contributed by atoms with E-state index in [1.54, 1.807) is 37.7 Å². The quantitative estimate of drug-likeness (QED) is 0.750. The Bertz CT molecular complexity index is 668. The van der Waals surface area contributed by atoms with Gasteiger partial charge in [0.1, 0.15) is 6.61 Å². The molecule has 0 saturated heterocycles. The van der Waals surface area contributed by atoms with Crippen molar-refractivity contribution >= 4 is 24.0 Å². The predicted octanol–water partition coefficient (Wildman–Crippen LogP) is 3.16. The van der Waals surface area contributed by atoms with Crippen LogP contribution in [0.25, 0.3) is 0 Å². The first-order chi connectivity index (χ1) is 11.6. The van der Waals surface area contributed by atoms with E-state index >= 15 is 0 Å². The van der Waals surface area contributed by atoms with Gasteiger partial charge in [-0.1, -0.05) is 13.3 Å². The first-order valence-electron chi connectivity index (χ1n) is 7.90. The molecule has 1 heterocycles. The maximum Gasteiger partial charge on any atom is 0.241 e. The second-order valence-corrected chi connectivity index (χ2v) is 5.39. The second-order valence-electron chi connectivity index (χ2n) is 5.39. The summed E-state index contributed by atoms with van der Waals surface area (Å²) in [4.78, 5) is 16.0. The summed E-state index contributed by atoms with van der Waals surface area (Å²) < 4.78 is 11.1. The molecule has 6 nitrogen and oxygen atoms in total. The number of carbonyl (C=O) groups is 1. The van der Waals surface area contributed by atoms with E-state index in [4.69, 9.17) is 15.2 Å². The minimum atomic E-state index is -0.515. The Balaban J connectivity index is 0.00000312. The molecule has 2 aromatic rings. The third kappa shape index (κ3) is 6.25. The lowest BCUT2D eigenvalue weighted by Crippen LogP contribution is -2.35. The number of carbonyl (C=O) groups excluding carboxylic acids is 1. The second kappa shape index (κ2) is 10.5. The molecule has 1 aromatic carbocycles. The van der Waals surface area contributed by atoms with Crippen LogP contribution < -0.4 is 20.5 Å². The molecule has 136 valence electrons. The third-order valence-corrected chi connectivity index (χ3v) is 3.51. The summed E-state index contributed by atoms with van der Waals surface area (Å²) in [6.45, 7) is 2.37. The normalized spacial score (nSPS) is 11.2. The number of amides is 1. The molecule has 0 fully saturated rings. The van der Waals surface area contributed by atoms with Gasteiger partial charge in [-0.05, 0) is 36.2 Å². The Kier molecular flexibility index (Phi) is 8.74. The molecule has 7 heteroatoms. The lowest BCUT2D eigenvalue weighted by Gasteiger charge is -2.15. The first kappa shape index (κ1) is 20.7. The van der Waals surface area contributed by atoms with E-state index in [1.807, 2.05) is 19.1 Å². The van der Waals surface area contributed by atoms with Crippen molar-refractivity contribution in [1.29, 1.82) is 0 Å². The first-order valence-corrected chi connectivity index (χ1v) is 7.90. The van der Waals surface area contributed by atoms with Crippen LogP contribution in [0.3, 0.4) is 0 Å². The van der Waals surface area contributed by atoms with Crippen molar-refractivity contribution in [2.24, 2.45) is 5.73 Å². The fourth-order valence-electron chi connectivity index (χ4n) is 2.18. The minimum Gasteiger partial charge on any atom is -0.493 e. The fourth-order valence-corrected chi connectivity index (χ4v) is 2.18. The molecule has 25 heavy (non-hydrogen) atoms. The van der Waals surface area contributed by atoms with Gasteiger partial charge in [-0.15, -0.1) is 12.4 Å². The van der Waals surface area contributed by atoms with E-state index < -0.39 is 6.04 Å². The number of benzene rings is 1. The maximum atomic E-state index is 12.0. The molecular weight excluding hydrogens is 342 g/mol. The molecule has 0 bridgehead atoms. The summed E-state index contributed by atoms with van der Waals surface area (Å²) in [5.41, 5.74) is 7.44. The molecule has 0 aliphatic heterocycles. The van der Waals surface area contributed by atoms with Crippen LogP contribution in [0.1, 0.15) is 25.3 Å². The van der Waals surface area contributed by atoms with Crippen LogP contribution in [0.5, 0.6) is 11.5 Å². The molecule has 0 aliphatic rings. The van der Waals surface area contributed by atoms with Crippen molar-refractivity contribution < 1.29 is 14.3 Å². The average molecular weight is 366 g/mol. The molecule has 2 rings (SSSR count). The zero-order valence-corrected chi connectivity index (χ0v) is 15.2. The fraction of sp³-hybridized carbons (Fsp3) is 0.333. The van der Waals surface area contributed by atoms with E-state index in [1.165, 1.54) is 0 Å². The number of ether oxygens (including phenoxy) is 2. The average Bonchev–Trinajstić information content (AvgIpc) is 2.61. The van der Waals surface area contributed by atoms with Gasteiger partial charge < -0.3 is 20.5 Å². The lowest BCUT2D eigenvalue weighted by atomic mass is 10.1. The molecule has 3 N–H and O–H groups in total. The van der Waals surface area contributed by atoms with Gasteiger partial charge >= 0.3 is 0 Å². The number of hydrogen-bond acceptors (Lipinski definition) is 5. The molecule has 0 saturated carbocycles. The Morgan fingerprint density at radius 1 is 1.24 bits per heavy atom. The minimum absolute atomic E-state index is 0. The molecular formula is C18H24ClN3O3. The summed E-state index contributed by atoms with van der Waals surface area (Å²) in [7, 11) is 1.57. The van der Waals surface area contributed by atoms with Crippen LogP contribution >= 0.6 is 12.4 Å². The standard InChI is InChI=1S/C18H23N3O3.ClH/c1-3-4-15(19)18(22)21-14-5-6-16(23-2)17(11-14)24-12-13-7-9-20-10-8-13;/h5-11,15H,3-4,12,19H2,1-2H3,(H,21,22);1H. The lowest BCUT2D eigenvalue weighted by molar-refractivity contribution is -0.117. The number of nitrogens with zero attached hydrogens (tertiary/aromatic N) is 1. The molecule has 0 aliphatic carbocycles. The molecule has 0 radical (unpaired) electrons. The number of halogens is 1. The zero-order chi connectivity index (χ0) is 17.4. The van der Waals surface area contributed by atoms with Crippen LogP contribution in [0.15, 0.2) is 42.7 Å². The Hall–Kier alpha value is -2.31. The number of anilines is 1. The summed E-state index contributed by atoms with van der Waals surface area (Å²) in [5, 5.41) is 2.81. The van der Waals surface area contributed by atoms with Gasteiger partial charge in [-0.25, -0.2) is 0 Å². The van der Waals surface area contributed by atoms with Crippen molar-refractivity contribution in [3.8, 4) is 11.5 Å². The highest BCUT2D eigenvalue weighted by Crippen LogP contribution is 2.31. The molecule has 1 atom stereocenters. The Morgan fingerprint density at radius 3 is 2.60 bits per heavy atom. The highest BCUT2D eigenvalue weighted by Gasteiger charge is 2.14. The van der Waals surface area contributed by atoms with E-state index in [9.17, 15) is 4.79 Å². The zero-order valence-electron chi connectivity index (χ0n) is 14.4. The topological polar surface area (TPSA) is 86.5 Å². The van der Waals surface area contributed by atoms with E-state index in [0.29, 0.717) is 30.2 Å². The largest absolute Gasteiger partial charge is 0.493 e. The summed E-state index contributed by atoms with van der Waals surface area (Å²) in [6, 6.07) is 8.48. The SMILES string of the molecule is CCCC(N)C(=O)Nc1ccc(OC)c(OCc2ccncc2)c1.Cl. The molecule has 0 spiro atoms. The van der Waals surface area contributed by atoms with Crippen molar-refractivity contribution in [2.75, 3.05) is 12.4 Å². The van der Waals surface area contributed by atoms with Crippen LogP contribution in [-0.4, -0.2) is 24.0 Å². The van der Waals surface area contributed by atoms with Gasteiger partial charge in [-0.2, -0.15) is 0 Å². The number of methoxy groups -OCH3 is 1. The van der Waals surface area contributed by atoms with Gasteiger partial charge in [0.05, 0.1) is 13.2 Å². The summed E-state index contributed by atoms with van der Waals surface area (Å²) >= 11 is 0. The van der Waals surface area contributed by atoms with Crippen molar-refractivity contribution in [1.82, 2.24) is 4.98 Å². The van der Waals surface area contributed by atoms with Gasteiger partial charge in [-0.3, -0.25) is 9.78 Å². The number of aromatic nitrogens is 1. The predicted molar refractivity (Wildman–Crippen MR) is 100 cm³/mol. The maximum absolute atomic E-state index is 12.0. The van der Waals surface area contributed by atoms with Crippen molar-refractivity contribution in [3.63, 3.8) is 0 Å². The number of rotatable bonds is 8. The number of nitrogens with two attached hydrogens (primary N) is 1. The Morgan fingerprint density at radius 2 is 1.96 bits per heavy atom. The highest BCUT2D eigenvalue weighted by atomic mass is 35.5. The van der Waals surface area contributed by atoms with Crippen LogP contribution in [-0.2, 0) is 11.4 Å². The smallest absolute Gasteiger partial charge is 0.241 e.